The summed E-state index contributed by atoms with van der Waals surface area (Å²) >= 11 is 3.25. The van der Waals surface area contributed by atoms with Crippen LogP contribution in [0.5, 0.6) is 5.75 Å². The molecule has 146 valence electrons. The number of carbonyl (C=O) groups excluding carboxylic acids is 3. The van der Waals surface area contributed by atoms with Crippen molar-refractivity contribution in [3.8, 4) is 17.6 Å². The van der Waals surface area contributed by atoms with Crippen LogP contribution in [-0.2, 0) is 11.3 Å². The van der Waals surface area contributed by atoms with Crippen LogP contribution in [0.25, 0.3) is 0 Å². The highest BCUT2D eigenvalue weighted by Crippen LogP contribution is 2.28. The average Bonchev–Trinajstić information content (AvgIpc) is 3.16. The Bertz CT molecular complexity index is 1090. The van der Waals surface area contributed by atoms with Crippen molar-refractivity contribution < 1.29 is 19.1 Å². The second-order valence-electron chi connectivity index (χ2n) is 6.62. The molecule has 9 heteroatoms. The summed E-state index contributed by atoms with van der Waals surface area (Å²) in [6.07, 6.45) is 1.54. The Labute approximate surface area is 174 Å². The second kappa shape index (κ2) is 7.22. The van der Waals surface area contributed by atoms with E-state index in [0.29, 0.717) is 28.0 Å². The molecule has 1 saturated heterocycles. The van der Waals surface area contributed by atoms with Crippen LogP contribution in [0, 0.1) is 11.8 Å². The molecule has 4 amide bonds. The van der Waals surface area contributed by atoms with Crippen LogP contribution in [0.4, 0.5) is 4.79 Å². The van der Waals surface area contributed by atoms with E-state index in [4.69, 9.17) is 4.74 Å². The summed E-state index contributed by atoms with van der Waals surface area (Å²) in [4.78, 5) is 42.8. The number of nitrogens with zero attached hydrogens (tertiary/aromatic N) is 2. The van der Waals surface area contributed by atoms with Gasteiger partial charge in [0.15, 0.2) is 0 Å². The second-order valence-corrected chi connectivity index (χ2v) is 7.43. The first-order valence-corrected chi connectivity index (χ1v) is 9.44. The number of rotatable bonds is 3. The Balaban J connectivity index is 1.64. The van der Waals surface area contributed by atoms with Crippen molar-refractivity contribution in [2.24, 2.45) is 0 Å². The number of carbonyl (C=O) groups is 3. The third kappa shape index (κ3) is 3.54. The summed E-state index contributed by atoms with van der Waals surface area (Å²) in [5.41, 5.74) is 0.351. The molecule has 2 aromatic rings. The van der Waals surface area contributed by atoms with E-state index in [1.54, 1.807) is 30.5 Å². The van der Waals surface area contributed by atoms with E-state index in [1.165, 1.54) is 12.0 Å². The predicted molar refractivity (Wildman–Crippen MR) is 106 cm³/mol. The van der Waals surface area contributed by atoms with Gasteiger partial charge in [-0.2, -0.15) is 0 Å². The van der Waals surface area contributed by atoms with Crippen molar-refractivity contribution in [2.75, 3.05) is 13.7 Å². The van der Waals surface area contributed by atoms with E-state index in [-0.39, 0.29) is 12.5 Å². The molecule has 8 nitrogen and oxygen atoms in total. The smallest absolute Gasteiger partial charge is 0.323 e. The number of hydrogen-bond donors (Lipinski definition) is 2. The van der Waals surface area contributed by atoms with Crippen molar-refractivity contribution in [3.63, 3.8) is 0 Å². The summed E-state index contributed by atoms with van der Waals surface area (Å²) in [5, 5.41) is 4.78. The minimum absolute atomic E-state index is 0.0860. The van der Waals surface area contributed by atoms with E-state index in [0.717, 1.165) is 5.56 Å². The zero-order valence-corrected chi connectivity index (χ0v) is 16.9. The maximum absolute atomic E-state index is 12.9. The number of aromatic nitrogens is 1. The van der Waals surface area contributed by atoms with Crippen LogP contribution in [0.2, 0.25) is 0 Å². The van der Waals surface area contributed by atoms with Crippen LogP contribution in [0.1, 0.15) is 21.5 Å². The third-order valence-corrected chi connectivity index (χ3v) is 5.18. The van der Waals surface area contributed by atoms with Gasteiger partial charge in [-0.3, -0.25) is 14.9 Å². The Morgan fingerprint density at radius 3 is 2.76 bits per heavy atom. The quantitative estimate of drug-likeness (QED) is 0.415. The molecule has 0 spiro atoms. The summed E-state index contributed by atoms with van der Waals surface area (Å²) < 4.78 is 5.83. The molecule has 0 radical (unpaired) electrons. The van der Waals surface area contributed by atoms with E-state index in [2.05, 4.69) is 43.4 Å². The fourth-order valence-electron chi connectivity index (χ4n) is 3.24. The summed E-state index contributed by atoms with van der Waals surface area (Å²) in [6.45, 7) is 0.224. The number of hydrogen-bond acceptors (Lipinski definition) is 5. The number of ether oxygens (including phenoxy) is 1. The SMILES string of the molecule is COc1ccc2c(c1)C(=O)N(C[C@@]1(C#Cc3ccc(Br)nc3)NC(=O)NC1=O)C2. The van der Waals surface area contributed by atoms with Gasteiger partial charge in [0.1, 0.15) is 10.4 Å². The van der Waals surface area contributed by atoms with Gasteiger partial charge in [-0.15, -0.1) is 0 Å². The number of halogens is 1. The molecule has 0 unspecified atom stereocenters. The van der Waals surface area contributed by atoms with E-state index in [1.807, 2.05) is 6.07 Å². The topological polar surface area (TPSA) is 101 Å². The van der Waals surface area contributed by atoms with E-state index >= 15 is 0 Å². The van der Waals surface area contributed by atoms with Crippen LogP contribution in [-0.4, -0.2) is 46.9 Å². The molecule has 1 aromatic heterocycles. The molecule has 0 bridgehead atoms. The number of imide groups is 1. The Kier molecular flexibility index (Phi) is 4.72. The highest BCUT2D eigenvalue weighted by atomic mass is 79.9. The first-order chi connectivity index (χ1) is 13.9. The number of benzene rings is 1. The molecule has 4 rings (SSSR count). The lowest BCUT2D eigenvalue weighted by Gasteiger charge is -2.26. The lowest BCUT2D eigenvalue weighted by molar-refractivity contribution is -0.122. The van der Waals surface area contributed by atoms with Crippen molar-refractivity contribution in [3.05, 3.63) is 57.8 Å². The first-order valence-electron chi connectivity index (χ1n) is 8.65. The third-order valence-electron chi connectivity index (χ3n) is 4.71. The molecule has 2 N–H and O–H groups in total. The normalized spacial score (nSPS) is 19.9. The van der Waals surface area contributed by atoms with Gasteiger partial charge >= 0.3 is 6.03 Å². The van der Waals surface area contributed by atoms with Crippen LogP contribution < -0.4 is 15.4 Å². The molecular formula is C20H15BrN4O4. The average molecular weight is 455 g/mol. The van der Waals surface area contributed by atoms with Gasteiger partial charge in [0, 0.05) is 23.9 Å². The molecule has 2 aliphatic rings. The molecule has 3 heterocycles. The fourth-order valence-corrected chi connectivity index (χ4v) is 3.47. The number of fused-ring (bicyclic) bond motifs is 1. The molecule has 1 aromatic carbocycles. The first kappa shape index (κ1) is 19.0. The maximum atomic E-state index is 12.9. The summed E-state index contributed by atoms with van der Waals surface area (Å²) in [7, 11) is 1.53. The van der Waals surface area contributed by atoms with Crippen LogP contribution in [0.15, 0.2) is 41.1 Å². The number of nitrogens with one attached hydrogen (secondary N) is 2. The lowest BCUT2D eigenvalue weighted by Crippen LogP contribution is -2.54. The molecule has 1 atom stereocenters. The molecule has 29 heavy (non-hydrogen) atoms. The van der Waals surface area contributed by atoms with Gasteiger partial charge in [0.2, 0.25) is 5.54 Å². The van der Waals surface area contributed by atoms with Gasteiger partial charge in [0.05, 0.1) is 13.7 Å². The van der Waals surface area contributed by atoms with E-state index < -0.39 is 17.5 Å². The van der Waals surface area contributed by atoms with Gasteiger partial charge < -0.3 is 15.0 Å². The van der Waals surface area contributed by atoms with E-state index in [9.17, 15) is 14.4 Å². The minimum atomic E-state index is -1.55. The van der Waals surface area contributed by atoms with Crippen molar-refractivity contribution in [2.45, 2.75) is 12.1 Å². The monoisotopic (exact) mass is 454 g/mol. The predicted octanol–water partition coefficient (Wildman–Crippen LogP) is 1.44. The van der Waals surface area contributed by atoms with Gasteiger partial charge in [-0.1, -0.05) is 17.9 Å². The number of urea groups is 1. The molecule has 2 aliphatic heterocycles. The maximum Gasteiger partial charge on any atom is 0.323 e. The van der Waals surface area contributed by atoms with Crippen molar-refractivity contribution >= 4 is 33.8 Å². The molecule has 1 fully saturated rings. The zero-order valence-electron chi connectivity index (χ0n) is 15.3. The zero-order chi connectivity index (χ0) is 20.6. The summed E-state index contributed by atoms with van der Waals surface area (Å²) in [6, 6.07) is 8.05. The largest absolute Gasteiger partial charge is 0.497 e. The number of amides is 4. The van der Waals surface area contributed by atoms with Crippen LogP contribution >= 0.6 is 15.9 Å². The molecule has 0 aliphatic carbocycles. The minimum Gasteiger partial charge on any atom is -0.497 e. The van der Waals surface area contributed by atoms with Gasteiger partial charge in [-0.05, 0) is 45.8 Å². The Morgan fingerprint density at radius 2 is 2.10 bits per heavy atom. The Morgan fingerprint density at radius 1 is 1.28 bits per heavy atom. The van der Waals surface area contributed by atoms with Crippen molar-refractivity contribution in [1.82, 2.24) is 20.5 Å². The number of pyridine rings is 1. The summed E-state index contributed by atoms with van der Waals surface area (Å²) in [5.74, 6) is 5.43. The number of methoxy groups -OCH3 is 1. The van der Waals surface area contributed by atoms with Crippen molar-refractivity contribution in [1.29, 1.82) is 0 Å². The molecular weight excluding hydrogens is 440 g/mol. The standard InChI is InChI=1S/C20H15BrN4O4/c1-29-14-4-3-13-10-25(17(26)15(13)8-14)11-20(18(27)23-19(28)24-20)7-6-12-2-5-16(21)22-9-12/h2-5,8-9H,10-11H2,1H3,(H2,23,24,27,28)/t20-/m1/s1. The van der Waals surface area contributed by atoms with Gasteiger partial charge in [-0.25, -0.2) is 9.78 Å². The van der Waals surface area contributed by atoms with Gasteiger partial charge in [0.25, 0.3) is 11.8 Å². The highest BCUT2D eigenvalue weighted by Gasteiger charge is 2.48. The highest BCUT2D eigenvalue weighted by molar-refractivity contribution is 9.10. The molecule has 0 saturated carbocycles. The van der Waals surface area contributed by atoms with Crippen LogP contribution in [0.3, 0.4) is 0 Å². The lowest BCUT2D eigenvalue weighted by atomic mass is 9.99. The fraction of sp³-hybridized carbons (Fsp3) is 0.200. The Hall–Kier alpha value is -3.38.